The number of hydrogen-bond acceptors (Lipinski definition) is 3. The van der Waals surface area contributed by atoms with Gasteiger partial charge in [-0.05, 0) is 43.3 Å². The summed E-state index contributed by atoms with van der Waals surface area (Å²) in [6.07, 6.45) is -0.0799. The second-order valence-electron chi connectivity index (χ2n) is 5.78. The van der Waals surface area contributed by atoms with Crippen molar-refractivity contribution in [2.24, 2.45) is 0 Å². The third-order valence-corrected chi connectivity index (χ3v) is 4.21. The molecule has 0 aliphatic carbocycles. The normalized spacial score (nSPS) is 11.9. The lowest BCUT2D eigenvalue weighted by Crippen LogP contribution is -2.22. The zero-order valence-electron chi connectivity index (χ0n) is 13.7. The Morgan fingerprint density at radius 3 is 2.44 bits per heavy atom. The fourth-order valence-corrected chi connectivity index (χ4v) is 2.82. The number of ether oxygens (including phenoxy) is 1. The smallest absolute Gasteiger partial charge is 0.335 e. The van der Waals surface area contributed by atoms with Crippen molar-refractivity contribution < 1.29 is 14.6 Å². The van der Waals surface area contributed by atoms with E-state index in [1.165, 1.54) is 0 Å². The summed E-state index contributed by atoms with van der Waals surface area (Å²) in [5.41, 5.74) is 1.11. The number of benzene rings is 3. The molecule has 1 atom stereocenters. The molecule has 4 nitrogen and oxygen atoms in total. The predicted octanol–water partition coefficient (Wildman–Crippen LogP) is 5.07. The van der Waals surface area contributed by atoms with Gasteiger partial charge in [0, 0.05) is 21.5 Å². The third kappa shape index (κ3) is 4.03. The van der Waals surface area contributed by atoms with Gasteiger partial charge in [0.05, 0.1) is 12.1 Å². The minimum absolute atomic E-state index is 0.0799. The standard InChI is InChI=1S/C20H18ClNO3/c1-13(12-22-15-8-6-14(7-9-15)20(23)24)25-19-11-10-18(21)16-4-2-3-5-17(16)19/h2-11,13,22H,12H2,1H3,(H,23,24). The van der Waals surface area contributed by atoms with Gasteiger partial charge in [0.25, 0.3) is 0 Å². The summed E-state index contributed by atoms with van der Waals surface area (Å²) in [6.45, 7) is 2.56. The number of nitrogens with one attached hydrogen (secondary N) is 1. The highest BCUT2D eigenvalue weighted by Crippen LogP contribution is 2.31. The van der Waals surface area contributed by atoms with Crippen LogP contribution in [0.4, 0.5) is 5.69 Å². The van der Waals surface area contributed by atoms with Crippen molar-refractivity contribution in [3.05, 3.63) is 71.2 Å². The maximum Gasteiger partial charge on any atom is 0.335 e. The van der Waals surface area contributed by atoms with E-state index in [1.54, 1.807) is 24.3 Å². The van der Waals surface area contributed by atoms with Crippen LogP contribution in [0.25, 0.3) is 10.8 Å². The molecular formula is C20H18ClNO3. The first kappa shape index (κ1) is 17.1. The molecule has 25 heavy (non-hydrogen) atoms. The maximum absolute atomic E-state index is 10.9. The van der Waals surface area contributed by atoms with Crippen molar-refractivity contribution in [1.29, 1.82) is 0 Å². The summed E-state index contributed by atoms with van der Waals surface area (Å²) < 4.78 is 6.05. The molecule has 0 saturated heterocycles. The molecule has 1 unspecified atom stereocenters. The molecule has 0 bridgehead atoms. The second kappa shape index (κ2) is 7.45. The van der Waals surface area contributed by atoms with Gasteiger partial charge in [0.2, 0.25) is 0 Å². The summed E-state index contributed by atoms with van der Waals surface area (Å²) in [5.74, 6) is -0.145. The van der Waals surface area contributed by atoms with Crippen LogP contribution in [0, 0.1) is 0 Å². The zero-order valence-corrected chi connectivity index (χ0v) is 14.5. The quantitative estimate of drug-likeness (QED) is 0.648. The van der Waals surface area contributed by atoms with Gasteiger partial charge in [-0.3, -0.25) is 0 Å². The number of carboxylic acids is 1. The van der Waals surface area contributed by atoms with E-state index in [9.17, 15) is 4.79 Å². The predicted molar refractivity (Wildman–Crippen MR) is 101 cm³/mol. The number of carbonyl (C=O) groups is 1. The molecule has 0 fully saturated rings. The topological polar surface area (TPSA) is 58.6 Å². The zero-order chi connectivity index (χ0) is 17.8. The maximum atomic E-state index is 10.9. The van der Waals surface area contributed by atoms with E-state index in [4.69, 9.17) is 21.4 Å². The lowest BCUT2D eigenvalue weighted by atomic mass is 10.1. The Labute approximate surface area is 151 Å². The minimum atomic E-state index is -0.933. The largest absolute Gasteiger partial charge is 0.488 e. The molecule has 0 heterocycles. The van der Waals surface area contributed by atoms with Crippen molar-refractivity contribution in [3.63, 3.8) is 0 Å². The SMILES string of the molecule is CC(CNc1ccc(C(=O)O)cc1)Oc1ccc(Cl)c2ccccc12. The molecule has 3 rings (SSSR count). The number of halogens is 1. The van der Waals surface area contributed by atoms with Gasteiger partial charge in [0.15, 0.2) is 0 Å². The molecule has 2 N–H and O–H groups in total. The molecular weight excluding hydrogens is 338 g/mol. The van der Waals surface area contributed by atoms with E-state index >= 15 is 0 Å². The molecule has 0 aliphatic rings. The van der Waals surface area contributed by atoms with Crippen LogP contribution in [0.15, 0.2) is 60.7 Å². The molecule has 3 aromatic rings. The van der Waals surface area contributed by atoms with Crippen LogP contribution in [0.1, 0.15) is 17.3 Å². The fraction of sp³-hybridized carbons (Fsp3) is 0.150. The molecule has 5 heteroatoms. The number of carboxylic acid groups (broad SMARTS) is 1. The summed E-state index contributed by atoms with van der Waals surface area (Å²) in [5, 5.41) is 14.8. The summed E-state index contributed by atoms with van der Waals surface area (Å²) >= 11 is 6.23. The molecule has 0 amide bonds. The first-order valence-corrected chi connectivity index (χ1v) is 8.33. The Morgan fingerprint density at radius 1 is 1.08 bits per heavy atom. The van der Waals surface area contributed by atoms with Crippen molar-refractivity contribution in [2.45, 2.75) is 13.0 Å². The van der Waals surface area contributed by atoms with Gasteiger partial charge in [-0.1, -0.05) is 35.9 Å². The number of hydrogen-bond donors (Lipinski definition) is 2. The van der Waals surface area contributed by atoms with E-state index in [-0.39, 0.29) is 11.7 Å². The van der Waals surface area contributed by atoms with Crippen LogP contribution in [0.2, 0.25) is 5.02 Å². The van der Waals surface area contributed by atoms with Crippen molar-refractivity contribution in [1.82, 2.24) is 0 Å². The van der Waals surface area contributed by atoms with Gasteiger partial charge in [-0.2, -0.15) is 0 Å². The van der Waals surface area contributed by atoms with Gasteiger partial charge >= 0.3 is 5.97 Å². The number of anilines is 1. The Bertz CT molecular complexity index is 893. The van der Waals surface area contributed by atoms with E-state index in [0.29, 0.717) is 11.6 Å². The number of fused-ring (bicyclic) bond motifs is 1. The average Bonchev–Trinajstić information content (AvgIpc) is 2.63. The average molecular weight is 356 g/mol. The molecule has 128 valence electrons. The molecule has 0 aromatic heterocycles. The second-order valence-corrected chi connectivity index (χ2v) is 6.19. The highest BCUT2D eigenvalue weighted by atomic mass is 35.5. The summed E-state index contributed by atoms with van der Waals surface area (Å²) in [4.78, 5) is 10.9. The Hall–Kier alpha value is -2.72. The highest BCUT2D eigenvalue weighted by molar-refractivity contribution is 6.35. The highest BCUT2D eigenvalue weighted by Gasteiger charge is 2.09. The van der Waals surface area contributed by atoms with Gasteiger partial charge in [0.1, 0.15) is 11.9 Å². The van der Waals surface area contributed by atoms with Crippen molar-refractivity contribution >= 4 is 34.0 Å². The third-order valence-electron chi connectivity index (χ3n) is 3.88. The molecule has 0 radical (unpaired) electrons. The van der Waals surface area contributed by atoms with E-state index in [0.717, 1.165) is 22.2 Å². The van der Waals surface area contributed by atoms with E-state index in [2.05, 4.69) is 5.32 Å². The van der Waals surface area contributed by atoms with Crippen LogP contribution in [0.5, 0.6) is 5.75 Å². The Kier molecular flexibility index (Phi) is 5.10. The van der Waals surface area contributed by atoms with Gasteiger partial charge in [-0.15, -0.1) is 0 Å². The van der Waals surface area contributed by atoms with Crippen molar-refractivity contribution in [3.8, 4) is 5.75 Å². The lowest BCUT2D eigenvalue weighted by Gasteiger charge is -2.18. The molecule has 0 spiro atoms. The van der Waals surface area contributed by atoms with E-state index < -0.39 is 5.97 Å². The Balaban J connectivity index is 1.66. The first-order valence-electron chi connectivity index (χ1n) is 7.96. The Morgan fingerprint density at radius 2 is 1.76 bits per heavy atom. The van der Waals surface area contributed by atoms with Crippen LogP contribution in [0.3, 0.4) is 0 Å². The van der Waals surface area contributed by atoms with Crippen LogP contribution in [-0.2, 0) is 0 Å². The summed E-state index contributed by atoms with van der Waals surface area (Å²) in [7, 11) is 0. The number of rotatable bonds is 6. The summed E-state index contributed by atoms with van der Waals surface area (Å²) in [6, 6.07) is 18.2. The fourth-order valence-electron chi connectivity index (χ4n) is 2.59. The lowest BCUT2D eigenvalue weighted by molar-refractivity contribution is 0.0697. The first-order chi connectivity index (χ1) is 12.0. The van der Waals surface area contributed by atoms with Gasteiger partial charge in [-0.25, -0.2) is 4.79 Å². The molecule has 0 aliphatic heterocycles. The van der Waals surface area contributed by atoms with Crippen LogP contribution >= 0.6 is 11.6 Å². The van der Waals surface area contributed by atoms with E-state index in [1.807, 2.05) is 43.3 Å². The minimum Gasteiger partial charge on any atom is -0.488 e. The number of aromatic carboxylic acids is 1. The van der Waals surface area contributed by atoms with Crippen LogP contribution < -0.4 is 10.1 Å². The van der Waals surface area contributed by atoms with Crippen LogP contribution in [-0.4, -0.2) is 23.7 Å². The van der Waals surface area contributed by atoms with Gasteiger partial charge < -0.3 is 15.2 Å². The monoisotopic (exact) mass is 355 g/mol. The molecule has 0 saturated carbocycles. The van der Waals surface area contributed by atoms with Crippen molar-refractivity contribution in [2.75, 3.05) is 11.9 Å². The molecule has 3 aromatic carbocycles.